The largest absolute Gasteiger partial charge is 0.409 e. The molecular weight excluding hydrogens is 429 g/mol. The lowest BCUT2D eigenvalue weighted by molar-refractivity contribution is -0.154. The van der Waals surface area contributed by atoms with E-state index in [4.69, 9.17) is 5.14 Å². The van der Waals surface area contributed by atoms with Crippen molar-refractivity contribution in [2.75, 3.05) is 12.3 Å². The number of aryl methyl sites for hydroxylation is 1. The molecule has 3 heterocycles. The van der Waals surface area contributed by atoms with Crippen molar-refractivity contribution in [3.8, 4) is 5.82 Å². The number of nitrogens with one attached hydrogen (secondary N) is 2. The standard InChI is InChI=1S/C16H17F3N6O4S/c1-8-2-3-11(22-7-8)25-13(15(27)21-4-5-30(20,28)29)12-9(24-25)6-10(16(17,18)19)23-14(12)26/h2-3,7,10H,4-6H2,1H3,(H,21,27)(H,23,26)(H2,20,28,29)/t10-/m1/s1. The number of carbonyl (C=O) groups excluding carboxylic acids is 2. The van der Waals surface area contributed by atoms with Gasteiger partial charge in [0.15, 0.2) is 5.82 Å². The van der Waals surface area contributed by atoms with E-state index in [2.05, 4.69) is 15.4 Å². The quantitative estimate of drug-likeness (QED) is 0.580. The summed E-state index contributed by atoms with van der Waals surface area (Å²) < 4.78 is 62.4. The molecular formula is C16H17F3N6O4S. The number of halogens is 3. The topological polar surface area (TPSA) is 149 Å². The Labute approximate surface area is 168 Å². The molecule has 0 fully saturated rings. The number of hydrogen-bond donors (Lipinski definition) is 3. The fourth-order valence-electron chi connectivity index (χ4n) is 2.87. The molecule has 4 N–H and O–H groups in total. The second kappa shape index (κ2) is 7.68. The van der Waals surface area contributed by atoms with E-state index in [1.165, 1.54) is 12.3 Å². The summed E-state index contributed by atoms with van der Waals surface area (Å²) in [7, 11) is -3.86. The van der Waals surface area contributed by atoms with E-state index >= 15 is 0 Å². The number of hydrogen-bond acceptors (Lipinski definition) is 6. The fourth-order valence-corrected chi connectivity index (χ4v) is 3.26. The highest BCUT2D eigenvalue weighted by molar-refractivity contribution is 7.89. The molecule has 14 heteroatoms. The van der Waals surface area contributed by atoms with Crippen molar-refractivity contribution in [3.63, 3.8) is 0 Å². The maximum absolute atomic E-state index is 13.1. The van der Waals surface area contributed by atoms with Crippen LogP contribution in [0.3, 0.4) is 0 Å². The second-order valence-corrected chi connectivity index (χ2v) is 8.40. The molecule has 1 atom stereocenters. The molecule has 0 unspecified atom stereocenters. The number of nitrogens with zero attached hydrogens (tertiary/aromatic N) is 3. The molecule has 2 amide bonds. The van der Waals surface area contributed by atoms with Gasteiger partial charge in [0.2, 0.25) is 10.0 Å². The minimum absolute atomic E-state index is 0.1000. The minimum Gasteiger partial charge on any atom is -0.350 e. The van der Waals surface area contributed by atoms with Gasteiger partial charge in [0.25, 0.3) is 11.8 Å². The van der Waals surface area contributed by atoms with Crippen LogP contribution in [0.4, 0.5) is 13.2 Å². The minimum atomic E-state index is -4.70. The highest BCUT2D eigenvalue weighted by Gasteiger charge is 2.46. The Bertz CT molecular complexity index is 1100. The summed E-state index contributed by atoms with van der Waals surface area (Å²) in [6, 6.07) is 0.975. The average Bonchev–Trinajstić information content (AvgIpc) is 3.00. The molecule has 1 aliphatic rings. The van der Waals surface area contributed by atoms with Crippen LogP contribution in [-0.4, -0.2) is 59.5 Å². The van der Waals surface area contributed by atoms with Crippen molar-refractivity contribution in [1.29, 1.82) is 0 Å². The Hall–Kier alpha value is -3.00. The number of amides is 2. The van der Waals surface area contributed by atoms with Gasteiger partial charge in [-0.05, 0) is 18.6 Å². The van der Waals surface area contributed by atoms with E-state index in [9.17, 15) is 31.2 Å². The highest BCUT2D eigenvalue weighted by Crippen LogP contribution is 2.30. The van der Waals surface area contributed by atoms with Crippen molar-refractivity contribution in [2.24, 2.45) is 5.14 Å². The summed E-state index contributed by atoms with van der Waals surface area (Å²) in [5, 5.41) is 13.0. The van der Waals surface area contributed by atoms with Gasteiger partial charge in [-0.3, -0.25) is 9.59 Å². The van der Waals surface area contributed by atoms with E-state index in [-0.39, 0.29) is 29.3 Å². The SMILES string of the molecule is Cc1ccc(-n2nc3c(c2C(=O)NCCS(N)(=O)=O)C(=O)N[C@@H](C(F)(F)F)C3)nc1. The van der Waals surface area contributed by atoms with Crippen LogP contribution in [-0.2, 0) is 16.4 Å². The number of sulfonamides is 1. The molecule has 162 valence electrons. The van der Waals surface area contributed by atoms with Crippen LogP contribution in [0.2, 0.25) is 0 Å². The first kappa shape index (κ1) is 21.7. The van der Waals surface area contributed by atoms with E-state index in [0.717, 1.165) is 10.2 Å². The summed E-state index contributed by atoms with van der Waals surface area (Å²) >= 11 is 0. The van der Waals surface area contributed by atoms with Gasteiger partial charge in [-0.1, -0.05) is 6.07 Å². The van der Waals surface area contributed by atoms with Crippen LogP contribution >= 0.6 is 0 Å². The van der Waals surface area contributed by atoms with Gasteiger partial charge in [0.05, 0.1) is 17.0 Å². The first-order valence-electron chi connectivity index (χ1n) is 8.58. The van der Waals surface area contributed by atoms with Gasteiger partial charge >= 0.3 is 6.18 Å². The molecule has 0 spiro atoms. The Balaban J connectivity index is 2.05. The van der Waals surface area contributed by atoms with Gasteiger partial charge < -0.3 is 10.6 Å². The summed E-state index contributed by atoms with van der Waals surface area (Å²) in [5.74, 6) is -2.49. The predicted octanol–water partition coefficient (Wildman–Crippen LogP) is -0.189. The first-order chi connectivity index (χ1) is 13.9. The summed E-state index contributed by atoms with van der Waals surface area (Å²) in [6.45, 7) is 1.39. The molecule has 10 nitrogen and oxygen atoms in total. The highest BCUT2D eigenvalue weighted by atomic mass is 32.2. The van der Waals surface area contributed by atoms with E-state index in [0.29, 0.717) is 0 Å². The molecule has 0 radical (unpaired) electrons. The number of rotatable bonds is 5. The van der Waals surface area contributed by atoms with Crippen molar-refractivity contribution in [3.05, 3.63) is 40.8 Å². The van der Waals surface area contributed by atoms with Crippen molar-refractivity contribution in [1.82, 2.24) is 25.4 Å². The van der Waals surface area contributed by atoms with Crippen LogP contribution < -0.4 is 15.8 Å². The molecule has 0 aromatic carbocycles. The Morgan fingerprint density at radius 2 is 2.10 bits per heavy atom. The number of aromatic nitrogens is 3. The zero-order chi connectivity index (χ0) is 22.3. The number of pyridine rings is 1. The zero-order valence-electron chi connectivity index (χ0n) is 15.5. The normalized spacial score (nSPS) is 16.7. The molecule has 3 rings (SSSR count). The van der Waals surface area contributed by atoms with E-state index in [1.54, 1.807) is 13.0 Å². The maximum Gasteiger partial charge on any atom is 0.409 e. The zero-order valence-corrected chi connectivity index (χ0v) is 16.3. The summed E-state index contributed by atoms with van der Waals surface area (Å²) in [5.41, 5.74) is -0.121. The average molecular weight is 446 g/mol. The van der Waals surface area contributed by atoms with Crippen molar-refractivity contribution >= 4 is 21.8 Å². The molecule has 2 aromatic rings. The first-order valence-corrected chi connectivity index (χ1v) is 10.3. The van der Waals surface area contributed by atoms with E-state index < -0.39 is 46.2 Å². The molecule has 0 saturated heterocycles. The number of nitrogens with two attached hydrogens (primary N) is 1. The number of alkyl halides is 3. The Morgan fingerprint density at radius 1 is 1.40 bits per heavy atom. The van der Waals surface area contributed by atoms with Crippen molar-refractivity contribution in [2.45, 2.75) is 25.6 Å². The third kappa shape index (κ3) is 4.59. The van der Waals surface area contributed by atoms with Crippen LogP contribution in [0.5, 0.6) is 0 Å². The Morgan fingerprint density at radius 3 is 2.67 bits per heavy atom. The van der Waals surface area contributed by atoms with Crippen LogP contribution in [0.25, 0.3) is 5.82 Å². The Kier molecular flexibility index (Phi) is 5.56. The molecule has 0 saturated carbocycles. The third-order valence-corrected chi connectivity index (χ3v) is 5.06. The van der Waals surface area contributed by atoms with Gasteiger partial charge in [-0.25, -0.2) is 23.2 Å². The van der Waals surface area contributed by atoms with E-state index in [1.807, 2.05) is 5.32 Å². The number of carbonyl (C=O) groups is 2. The van der Waals surface area contributed by atoms with Crippen LogP contribution in [0, 0.1) is 6.92 Å². The van der Waals surface area contributed by atoms with Crippen LogP contribution in [0.1, 0.15) is 32.1 Å². The molecule has 1 aliphatic heterocycles. The fraction of sp³-hybridized carbons (Fsp3) is 0.375. The van der Waals surface area contributed by atoms with Crippen molar-refractivity contribution < 1.29 is 31.2 Å². The maximum atomic E-state index is 13.1. The molecule has 0 bridgehead atoms. The number of fused-ring (bicyclic) bond motifs is 1. The lowest BCUT2D eigenvalue weighted by Gasteiger charge is -2.25. The third-order valence-electron chi connectivity index (χ3n) is 4.28. The summed E-state index contributed by atoms with van der Waals surface area (Å²) in [6.07, 6.45) is -3.91. The molecule has 0 aliphatic carbocycles. The predicted molar refractivity (Wildman–Crippen MR) is 97.4 cm³/mol. The molecule has 30 heavy (non-hydrogen) atoms. The van der Waals surface area contributed by atoms with Gasteiger partial charge in [0.1, 0.15) is 11.7 Å². The number of primary sulfonamides is 1. The second-order valence-electron chi connectivity index (χ2n) is 6.67. The van der Waals surface area contributed by atoms with Gasteiger partial charge in [0, 0.05) is 19.2 Å². The van der Waals surface area contributed by atoms with Gasteiger partial charge in [-0.2, -0.15) is 18.3 Å². The monoisotopic (exact) mass is 446 g/mol. The smallest absolute Gasteiger partial charge is 0.350 e. The van der Waals surface area contributed by atoms with Crippen LogP contribution in [0.15, 0.2) is 18.3 Å². The lowest BCUT2D eigenvalue weighted by Crippen LogP contribution is -2.50. The van der Waals surface area contributed by atoms with Gasteiger partial charge in [-0.15, -0.1) is 0 Å². The lowest BCUT2D eigenvalue weighted by atomic mass is 9.99. The summed E-state index contributed by atoms with van der Waals surface area (Å²) in [4.78, 5) is 29.2. The molecule has 2 aromatic heterocycles.